The van der Waals surface area contributed by atoms with Gasteiger partial charge in [-0.1, -0.05) is 65.8 Å². The first-order valence-electron chi connectivity index (χ1n) is 13.8. The number of hydrogen-bond donors (Lipinski definition) is 1. The topological polar surface area (TPSA) is 83.5 Å². The summed E-state index contributed by atoms with van der Waals surface area (Å²) in [5, 5.41) is 10.2. The minimum absolute atomic E-state index is 0.0198. The number of carboxylic acids is 1. The fraction of sp³-hybridized carbons (Fsp3) is 0.750. The summed E-state index contributed by atoms with van der Waals surface area (Å²) in [5.41, 5.74) is 0.725. The molecule has 0 fully saturated rings. The Labute approximate surface area is 234 Å². The van der Waals surface area contributed by atoms with E-state index in [1.54, 1.807) is 0 Å². The Hall–Kier alpha value is -1.34. The Bertz CT molecular complexity index is 932. The van der Waals surface area contributed by atoms with E-state index in [2.05, 4.69) is 79.7 Å². The summed E-state index contributed by atoms with van der Waals surface area (Å²) >= 11 is 0. The van der Waals surface area contributed by atoms with E-state index in [4.69, 9.17) is 23.7 Å². The van der Waals surface area contributed by atoms with Crippen LogP contribution < -0.4 is 14.2 Å². The molecule has 0 aromatic heterocycles. The number of ether oxygens (including phenoxy) is 5. The van der Waals surface area contributed by atoms with Crippen molar-refractivity contribution >= 4 is 30.2 Å². The van der Waals surface area contributed by atoms with Crippen LogP contribution in [-0.4, -0.2) is 65.1 Å². The molecule has 0 aliphatic rings. The summed E-state index contributed by atoms with van der Waals surface area (Å²) in [6.45, 7) is 31.9. The third-order valence-corrected chi connectivity index (χ3v) is 14.9. The maximum Gasteiger partial charge on any atom is 0.339 e. The average Bonchev–Trinajstić information content (AvgIpc) is 2.72. The van der Waals surface area contributed by atoms with Crippen molar-refractivity contribution in [1.82, 2.24) is 0 Å². The first kappa shape index (κ1) is 34.7. The minimum atomic E-state index is -1.70. The van der Waals surface area contributed by atoms with Crippen LogP contribution in [0.1, 0.15) is 57.5 Å². The Morgan fingerprint density at radius 1 is 0.711 bits per heavy atom. The van der Waals surface area contributed by atoms with Crippen LogP contribution in [0, 0.1) is 0 Å². The van der Waals surface area contributed by atoms with E-state index < -0.39 is 42.8 Å². The SMILES string of the molecule is CCc1c(OC(C)[Si](C)(C)C)c(OC(C)OC(C)[Si](C)(C)C)cc(C(=O)O)c1OC(C)OC(C)[Si](C)(C)C. The second kappa shape index (κ2) is 13.3. The zero-order valence-corrected chi connectivity index (χ0v) is 29.6. The van der Waals surface area contributed by atoms with Crippen molar-refractivity contribution in [1.29, 1.82) is 0 Å². The lowest BCUT2D eigenvalue weighted by Gasteiger charge is -2.32. The van der Waals surface area contributed by atoms with Gasteiger partial charge in [-0.15, -0.1) is 0 Å². The predicted octanol–water partition coefficient (Wildman–Crippen LogP) is 7.61. The maximum absolute atomic E-state index is 12.5. The summed E-state index contributed by atoms with van der Waals surface area (Å²) in [6, 6.07) is 1.51. The highest BCUT2D eigenvalue weighted by molar-refractivity contribution is 6.78. The molecular weight excluding hydrogens is 533 g/mol. The van der Waals surface area contributed by atoms with Crippen LogP contribution in [0.25, 0.3) is 0 Å². The molecule has 1 aromatic carbocycles. The molecule has 5 atom stereocenters. The molecule has 5 unspecified atom stereocenters. The van der Waals surface area contributed by atoms with Gasteiger partial charge in [0, 0.05) is 23.1 Å². The van der Waals surface area contributed by atoms with Gasteiger partial charge >= 0.3 is 5.97 Å². The highest BCUT2D eigenvalue weighted by Crippen LogP contribution is 2.43. The second-order valence-electron chi connectivity index (χ2n) is 13.5. The lowest BCUT2D eigenvalue weighted by Crippen LogP contribution is -2.41. The molecule has 0 saturated heterocycles. The molecule has 220 valence electrons. The van der Waals surface area contributed by atoms with Gasteiger partial charge in [-0.3, -0.25) is 0 Å². The molecule has 7 nitrogen and oxygen atoms in total. The Balaban J connectivity index is 3.64. The zero-order chi connectivity index (χ0) is 29.8. The number of aromatic carboxylic acids is 1. The zero-order valence-electron chi connectivity index (χ0n) is 26.6. The monoisotopic (exact) mass is 586 g/mol. The van der Waals surface area contributed by atoms with Gasteiger partial charge in [-0.05, 0) is 41.0 Å². The Morgan fingerprint density at radius 2 is 1.13 bits per heavy atom. The lowest BCUT2D eigenvalue weighted by molar-refractivity contribution is -0.0827. The van der Waals surface area contributed by atoms with Gasteiger partial charge < -0.3 is 28.8 Å². The molecule has 1 N–H and O–H groups in total. The summed E-state index contributed by atoms with van der Waals surface area (Å²) in [5.74, 6) is 0.0447. The smallest absolute Gasteiger partial charge is 0.339 e. The maximum atomic E-state index is 12.5. The first-order chi connectivity index (χ1) is 17.1. The molecule has 0 bridgehead atoms. The van der Waals surface area contributed by atoms with Crippen LogP contribution in [0.4, 0.5) is 0 Å². The van der Waals surface area contributed by atoms with Gasteiger partial charge in [0.15, 0.2) is 24.1 Å². The van der Waals surface area contributed by atoms with Crippen molar-refractivity contribution < 1.29 is 33.6 Å². The predicted molar refractivity (Wildman–Crippen MR) is 164 cm³/mol. The number of rotatable bonds is 15. The molecule has 0 heterocycles. The van der Waals surface area contributed by atoms with Crippen molar-refractivity contribution in [2.45, 2.75) is 137 Å². The van der Waals surface area contributed by atoms with E-state index in [0.717, 1.165) is 0 Å². The van der Waals surface area contributed by atoms with E-state index in [0.29, 0.717) is 23.5 Å². The van der Waals surface area contributed by atoms with Crippen LogP contribution in [0.2, 0.25) is 58.9 Å². The Kier molecular flexibility index (Phi) is 12.2. The van der Waals surface area contributed by atoms with Crippen molar-refractivity contribution in [3.8, 4) is 17.2 Å². The molecule has 0 radical (unpaired) electrons. The molecule has 10 heteroatoms. The second-order valence-corrected chi connectivity index (χ2v) is 30.1. The van der Waals surface area contributed by atoms with Crippen LogP contribution in [0.15, 0.2) is 6.07 Å². The summed E-state index contributed by atoms with van der Waals surface area (Å²) in [4.78, 5) is 12.5. The third kappa shape index (κ3) is 10.0. The van der Waals surface area contributed by atoms with Gasteiger partial charge in [0.05, 0.1) is 29.9 Å². The van der Waals surface area contributed by atoms with E-state index in [9.17, 15) is 9.90 Å². The van der Waals surface area contributed by atoms with E-state index >= 15 is 0 Å². The van der Waals surface area contributed by atoms with Gasteiger partial charge in [0.2, 0.25) is 0 Å². The van der Waals surface area contributed by atoms with Crippen molar-refractivity contribution in [2.24, 2.45) is 0 Å². The molecule has 0 amide bonds. The molecule has 1 rings (SSSR count). The van der Waals surface area contributed by atoms with Crippen molar-refractivity contribution in [2.75, 3.05) is 0 Å². The normalized spacial score (nSPS) is 16.8. The van der Waals surface area contributed by atoms with Gasteiger partial charge in [-0.25, -0.2) is 4.79 Å². The Morgan fingerprint density at radius 3 is 1.50 bits per heavy atom. The molecule has 38 heavy (non-hydrogen) atoms. The number of hydrogen-bond acceptors (Lipinski definition) is 6. The number of benzene rings is 1. The molecular formula is C28H54O7Si3. The van der Waals surface area contributed by atoms with E-state index in [1.165, 1.54) is 6.07 Å². The molecule has 1 aromatic rings. The lowest BCUT2D eigenvalue weighted by atomic mass is 10.0. The van der Waals surface area contributed by atoms with Crippen molar-refractivity contribution in [3.05, 3.63) is 17.2 Å². The standard InChI is InChI=1S/C28H54O7Si3/c1-16-23-26(34-19(3)32-21(5)37(10,11)12)24(28(29)30)17-25(27(23)35-22(6)38(13,14)15)33-18(2)31-20(4)36(7,8)9/h17-22H,16H2,1-15H3,(H,29,30). The highest BCUT2D eigenvalue weighted by atomic mass is 28.3. The fourth-order valence-electron chi connectivity index (χ4n) is 3.24. The largest absolute Gasteiger partial charge is 0.490 e. The summed E-state index contributed by atoms with van der Waals surface area (Å²) in [7, 11) is -4.84. The van der Waals surface area contributed by atoms with E-state index in [-0.39, 0.29) is 28.5 Å². The molecule has 0 aliphatic heterocycles. The molecule has 0 saturated carbocycles. The highest BCUT2D eigenvalue weighted by Gasteiger charge is 2.33. The third-order valence-electron chi connectivity index (χ3n) is 7.20. The summed E-state index contributed by atoms with van der Waals surface area (Å²) in [6.07, 6.45) is -0.717. The quantitative estimate of drug-likeness (QED) is 0.167. The van der Waals surface area contributed by atoms with Gasteiger partial charge in [-0.2, -0.15) is 0 Å². The number of carboxylic acid groups (broad SMARTS) is 1. The summed E-state index contributed by atoms with van der Waals surface area (Å²) < 4.78 is 31.4. The average molecular weight is 587 g/mol. The van der Waals surface area contributed by atoms with Crippen LogP contribution >= 0.6 is 0 Å². The van der Waals surface area contributed by atoms with Crippen molar-refractivity contribution in [3.63, 3.8) is 0 Å². The van der Waals surface area contributed by atoms with Gasteiger partial charge in [0.25, 0.3) is 0 Å². The minimum Gasteiger partial charge on any atom is -0.490 e. The number of carbonyl (C=O) groups is 1. The first-order valence-corrected chi connectivity index (χ1v) is 24.6. The van der Waals surface area contributed by atoms with Crippen LogP contribution in [-0.2, 0) is 15.9 Å². The molecule has 0 spiro atoms. The van der Waals surface area contributed by atoms with Crippen LogP contribution in [0.5, 0.6) is 17.2 Å². The molecule has 0 aliphatic carbocycles. The van der Waals surface area contributed by atoms with Gasteiger partial charge in [0.1, 0.15) is 11.3 Å². The van der Waals surface area contributed by atoms with E-state index in [1.807, 2.05) is 20.8 Å². The van der Waals surface area contributed by atoms with Crippen LogP contribution in [0.3, 0.4) is 0 Å². The fourth-order valence-corrected chi connectivity index (χ4v) is 4.92.